The predicted octanol–water partition coefficient (Wildman–Crippen LogP) is 7.95. The van der Waals surface area contributed by atoms with Crippen molar-refractivity contribution >= 4 is 72.7 Å². The van der Waals surface area contributed by atoms with E-state index in [1.165, 1.54) is 6.08 Å². The van der Waals surface area contributed by atoms with Crippen LogP contribution in [-0.4, -0.2) is 5.91 Å². The van der Waals surface area contributed by atoms with E-state index in [9.17, 15) is 10.1 Å². The van der Waals surface area contributed by atoms with Gasteiger partial charge in [-0.25, -0.2) is 0 Å². The van der Waals surface area contributed by atoms with Crippen molar-refractivity contribution in [2.75, 3.05) is 5.32 Å². The molecule has 0 atom stereocenters. The summed E-state index contributed by atoms with van der Waals surface area (Å²) >= 11 is 19.3. The summed E-state index contributed by atoms with van der Waals surface area (Å²) in [6.45, 7) is 2.18. The van der Waals surface area contributed by atoms with E-state index in [-0.39, 0.29) is 5.57 Å². The SMILES string of the molecule is Cc1ccc(Cl)cc1NC(=O)/C(C#N)=C/c1cc(Cl)c(OCc2ccc(Br)cc2)c(Br)c1. The van der Waals surface area contributed by atoms with Crippen molar-refractivity contribution in [3.05, 3.63) is 95.9 Å². The van der Waals surface area contributed by atoms with E-state index in [1.807, 2.05) is 37.3 Å². The second-order valence-electron chi connectivity index (χ2n) is 6.81. The van der Waals surface area contributed by atoms with E-state index in [4.69, 9.17) is 27.9 Å². The van der Waals surface area contributed by atoms with Crippen LogP contribution in [0.2, 0.25) is 10.0 Å². The van der Waals surface area contributed by atoms with Crippen LogP contribution in [0.1, 0.15) is 16.7 Å². The topological polar surface area (TPSA) is 62.1 Å². The van der Waals surface area contributed by atoms with E-state index in [2.05, 4.69) is 37.2 Å². The van der Waals surface area contributed by atoms with Gasteiger partial charge in [0.15, 0.2) is 5.75 Å². The Balaban J connectivity index is 1.78. The van der Waals surface area contributed by atoms with Gasteiger partial charge in [0.25, 0.3) is 5.91 Å². The molecule has 0 aromatic heterocycles. The number of hydrogen-bond acceptors (Lipinski definition) is 3. The minimum absolute atomic E-state index is 0.0733. The van der Waals surface area contributed by atoms with Crippen LogP contribution in [0.5, 0.6) is 5.75 Å². The number of aryl methyl sites for hydroxylation is 1. The predicted molar refractivity (Wildman–Crippen MR) is 136 cm³/mol. The average Bonchev–Trinajstić information content (AvgIpc) is 2.75. The third-order valence-corrected chi connectivity index (χ3v) is 6.07. The van der Waals surface area contributed by atoms with Crippen molar-refractivity contribution < 1.29 is 9.53 Å². The Morgan fingerprint density at radius 3 is 2.50 bits per heavy atom. The van der Waals surface area contributed by atoms with Crippen molar-refractivity contribution in [1.82, 2.24) is 0 Å². The van der Waals surface area contributed by atoms with Gasteiger partial charge in [-0.15, -0.1) is 0 Å². The summed E-state index contributed by atoms with van der Waals surface area (Å²) < 4.78 is 7.45. The maximum atomic E-state index is 12.6. The number of ether oxygens (including phenoxy) is 1. The Kier molecular flexibility index (Phi) is 8.38. The van der Waals surface area contributed by atoms with Crippen molar-refractivity contribution in [2.45, 2.75) is 13.5 Å². The van der Waals surface area contributed by atoms with Crippen molar-refractivity contribution in [2.24, 2.45) is 0 Å². The van der Waals surface area contributed by atoms with Crippen LogP contribution in [0, 0.1) is 18.3 Å². The molecule has 0 aliphatic heterocycles. The molecule has 0 spiro atoms. The number of nitriles is 1. The lowest BCUT2D eigenvalue weighted by atomic mass is 10.1. The molecule has 3 aromatic rings. The summed E-state index contributed by atoms with van der Waals surface area (Å²) in [6.07, 6.45) is 1.46. The van der Waals surface area contributed by atoms with Crippen LogP contribution in [0.4, 0.5) is 5.69 Å². The molecule has 0 radical (unpaired) electrons. The molecule has 0 saturated carbocycles. The molecule has 32 heavy (non-hydrogen) atoms. The fourth-order valence-electron chi connectivity index (χ4n) is 2.77. The summed E-state index contributed by atoms with van der Waals surface area (Å²) in [7, 11) is 0. The van der Waals surface area contributed by atoms with Gasteiger partial charge in [-0.05, 0) is 82.0 Å². The van der Waals surface area contributed by atoms with Crippen LogP contribution < -0.4 is 10.1 Å². The van der Waals surface area contributed by atoms with Crippen LogP contribution in [0.25, 0.3) is 6.08 Å². The number of halogens is 4. The van der Waals surface area contributed by atoms with Crippen LogP contribution in [-0.2, 0) is 11.4 Å². The highest BCUT2D eigenvalue weighted by molar-refractivity contribution is 9.10. The molecule has 3 aromatic carbocycles. The van der Waals surface area contributed by atoms with Crippen molar-refractivity contribution in [1.29, 1.82) is 5.26 Å². The fourth-order valence-corrected chi connectivity index (χ4v) is 4.20. The van der Waals surface area contributed by atoms with Gasteiger partial charge in [0.1, 0.15) is 18.2 Å². The summed E-state index contributed by atoms with van der Waals surface area (Å²) in [6, 6.07) is 18.2. The highest BCUT2D eigenvalue weighted by Crippen LogP contribution is 2.36. The zero-order valence-corrected chi connectivity index (χ0v) is 21.4. The van der Waals surface area contributed by atoms with Crippen molar-refractivity contribution in [3.8, 4) is 11.8 Å². The zero-order valence-electron chi connectivity index (χ0n) is 16.8. The number of rotatable bonds is 6. The molecular formula is C24H16Br2Cl2N2O2. The average molecular weight is 595 g/mol. The van der Waals surface area contributed by atoms with Gasteiger partial charge in [0.05, 0.1) is 9.50 Å². The number of anilines is 1. The largest absolute Gasteiger partial charge is 0.486 e. The van der Waals surface area contributed by atoms with E-state index in [0.717, 1.165) is 15.6 Å². The molecule has 0 saturated heterocycles. The third kappa shape index (κ3) is 6.36. The molecule has 162 valence electrons. The maximum absolute atomic E-state index is 12.6. The highest BCUT2D eigenvalue weighted by Gasteiger charge is 2.14. The Labute approximate surface area is 213 Å². The van der Waals surface area contributed by atoms with Gasteiger partial charge >= 0.3 is 0 Å². The van der Waals surface area contributed by atoms with Gasteiger partial charge < -0.3 is 10.1 Å². The number of carbonyl (C=O) groups excluding carboxylic acids is 1. The minimum Gasteiger partial charge on any atom is -0.486 e. The maximum Gasteiger partial charge on any atom is 0.266 e. The minimum atomic E-state index is -0.541. The standard InChI is InChI=1S/C24H16Br2Cl2N2O2/c1-14-2-7-19(27)11-22(14)30-24(31)17(12-29)8-16-9-20(26)23(21(28)10-16)32-13-15-3-5-18(25)6-4-15/h2-11H,13H2,1H3,(H,30,31)/b17-8+. The van der Waals surface area contributed by atoms with Crippen molar-refractivity contribution in [3.63, 3.8) is 0 Å². The molecule has 0 aliphatic carbocycles. The normalized spacial score (nSPS) is 11.1. The molecule has 4 nitrogen and oxygen atoms in total. The first-order chi connectivity index (χ1) is 15.3. The quantitative estimate of drug-likeness (QED) is 0.233. The first-order valence-corrected chi connectivity index (χ1v) is 11.7. The van der Waals surface area contributed by atoms with Gasteiger partial charge in [-0.3, -0.25) is 4.79 Å². The Hall–Kier alpha value is -2.30. The van der Waals surface area contributed by atoms with Crippen LogP contribution in [0.3, 0.4) is 0 Å². The number of carbonyl (C=O) groups is 1. The Morgan fingerprint density at radius 2 is 1.84 bits per heavy atom. The molecular weight excluding hydrogens is 579 g/mol. The lowest BCUT2D eigenvalue weighted by molar-refractivity contribution is -0.112. The molecule has 8 heteroatoms. The molecule has 0 unspecified atom stereocenters. The molecule has 3 rings (SSSR count). The monoisotopic (exact) mass is 592 g/mol. The van der Waals surface area contributed by atoms with Crippen LogP contribution >= 0.6 is 55.1 Å². The third-order valence-electron chi connectivity index (χ3n) is 4.44. The smallest absolute Gasteiger partial charge is 0.266 e. The summed E-state index contributed by atoms with van der Waals surface area (Å²) in [5.74, 6) is -0.0649. The molecule has 1 amide bonds. The second kappa shape index (κ2) is 11.0. The summed E-state index contributed by atoms with van der Waals surface area (Å²) in [5, 5.41) is 13.1. The lowest BCUT2D eigenvalue weighted by Gasteiger charge is -2.12. The summed E-state index contributed by atoms with van der Waals surface area (Å²) in [4.78, 5) is 12.6. The number of nitrogens with zero attached hydrogens (tertiary/aromatic N) is 1. The van der Waals surface area contributed by atoms with E-state index in [1.54, 1.807) is 30.3 Å². The molecule has 0 heterocycles. The number of nitrogens with one attached hydrogen (secondary N) is 1. The van der Waals surface area contributed by atoms with Gasteiger partial charge in [0.2, 0.25) is 0 Å². The first kappa shape index (κ1) is 24.3. The van der Waals surface area contributed by atoms with E-state index >= 15 is 0 Å². The Morgan fingerprint density at radius 1 is 1.12 bits per heavy atom. The number of amides is 1. The molecule has 1 N–H and O–H groups in total. The zero-order chi connectivity index (χ0) is 23.3. The molecule has 0 fully saturated rings. The molecule has 0 bridgehead atoms. The van der Waals surface area contributed by atoms with E-state index < -0.39 is 5.91 Å². The Bertz CT molecular complexity index is 1210. The van der Waals surface area contributed by atoms with Crippen LogP contribution in [0.15, 0.2) is 69.1 Å². The second-order valence-corrected chi connectivity index (χ2v) is 9.43. The molecule has 0 aliphatic rings. The summed E-state index contributed by atoms with van der Waals surface area (Å²) in [5.41, 5.74) is 2.86. The van der Waals surface area contributed by atoms with E-state index in [0.29, 0.717) is 38.1 Å². The first-order valence-electron chi connectivity index (χ1n) is 9.32. The number of benzene rings is 3. The van der Waals surface area contributed by atoms with Gasteiger partial charge in [-0.2, -0.15) is 5.26 Å². The number of hydrogen-bond donors (Lipinski definition) is 1. The highest BCUT2D eigenvalue weighted by atomic mass is 79.9. The van der Waals surface area contributed by atoms with Gasteiger partial charge in [0, 0.05) is 15.2 Å². The lowest BCUT2D eigenvalue weighted by Crippen LogP contribution is -2.14. The fraction of sp³-hybridized carbons (Fsp3) is 0.0833. The van der Waals surface area contributed by atoms with Gasteiger partial charge in [-0.1, -0.05) is 57.3 Å².